The molecule has 0 bridgehead atoms. The van der Waals surface area contributed by atoms with Crippen molar-refractivity contribution in [1.82, 2.24) is 0 Å². The van der Waals surface area contributed by atoms with Gasteiger partial charge in [0.05, 0.1) is 6.61 Å². The van der Waals surface area contributed by atoms with Gasteiger partial charge in [0, 0.05) is 13.5 Å². The summed E-state index contributed by atoms with van der Waals surface area (Å²) in [5, 5.41) is 8.54. The van der Waals surface area contributed by atoms with E-state index in [1.54, 1.807) is 0 Å². The minimum atomic E-state index is -0.181. The average molecular weight is 421 g/mol. The third-order valence-electron chi connectivity index (χ3n) is 4.26. The molecular weight excluding hydrogens is 372 g/mol. The van der Waals surface area contributed by atoms with Gasteiger partial charge in [0.2, 0.25) is 0 Å². The molecule has 0 aliphatic heterocycles. The van der Waals surface area contributed by atoms with Gasteiger partial charge in [-0.1, -0.05) is 81.7 Å². The van der Waals surface area contributed by atoms with Crippen molar-refractivity contribution in [2.75, 3.05) is 13.2 Å². The molecule has 0 saturated carbocycles. The zero-order valence-corrected chi connectivity index (χ0v) is 20.0. The third-order valence-corrected chi connectivity index (χ3v) is 4.26. The first-order valence-corrected chi connectivity index (χ1v) is 12.0. The van der Waals surface area contributed by atoms with Crippen molar-refractivity contribution in [2.45, 2.75) is 104 Å². The van der Waals surface area contributed by atoms with E-state index in [4.69, 9.17) is 9.84 Å². The zero-order chi connectivity index (χ0) is 22.5. The standard InChI is InChI=1S/C15H26O2.C12H22O/c1-3-4-5-6-7-8-9-10-11-12-13-14-17-15(2)16;1-2-3-4-5-6-7-8-9-10-11-12-13/h5-6,9-10H,3-4,7-8,11-14H2,1-2H3;3-6,13H,2,7-12H2,1H3/b6-5-,10-9-;4-3-,6-5+. The fourth-order valence-electron chi connectivity index (χ4n) is 2.53. The molecule has 0 aromatic heterocycles. The molecule has 0 radical (unpaired) electrons. The van der Waals surface area contributed by atoms with Gasteiger partial charge in [-0.3, -0.25) is 4.79 Å². The van der Waals surface area contributed by atoms with Gasteiger partial charge < -0.3 is 9.84 Å². The predicted molar refractivity (Wildman–Crippen MR) is 132 cm³/mol. The van der Waals surface area contributed by atoms with Crippen molar-refractivity contribution in [2.24, 2.45) is 0 Å². The number of ether oxygens (including phenoxy) is 1. The Balaban J connectivity index is 0. The molecule has 0 spiro atoms. The zero-order valence-electron chi connectivity index (χ0n) is 20.0. The average Bonchev–Trinajstić information content (AvgIpc) is 2.74. The van der Waals surface area contributed by atoms with Crippen LogP contribution in [-0.4, -0.2) is 24.3 Å². The van der Waals surface area contributed by atoms with Crippen LogP contribution in [0.4, 0.5) is 0 Å². The molecule has 0 aliphatic rings. The number of unbranched alkanes of at least 4 members (excludes halogenated alkanes) is 8. The molecule has 0 amide bonds. The first kappa shape index (κ1) is 30.6. The highest BCUT2D eigenvalue weighted by Gasteiger charge is 1.91. The van der Waals surface area contributed by atoms with Crippen molar-refractivity contribution < 1.29 is 14.6 Å². The number of allylic oxidation sites excluding steroid dienone is 8. The molecule has 30 heavy (non-hydrogen) atoms. The van der Waals surface area contributed by atoms with E-state index in [0.29, 0.717) is 13.2 Å². The molecule has 3 nitrogen and oxygen atoms in total. The summed E-state index contributed by atoms with van der Waals surface area (Å²) in [5.41, 5.74) is 0. The Hall–Kier alpha value is -1.61. The summed E-state index contributed by atoms with van der Waals surface area (Å²) in [6.07, 6.45) is 32.3. The lowest BCUT2D eigenvalue weighted by Gasteiger charge is -1.99. The fourth-order valence-corrected chi connectivity index (χ4v) is 2.53. The van der Waals surface area contributed by atoms with Gasteiger partial charge in [0.15, 0.2) is 0 Å². The van der Waals surface area contributed by atoms with E-state index in [0.717, 1.165) is 51.4 Å². The third kappa shape index (κ3) is 33.9. The van der Waals surface area contributed by atoms with Crippen LogP contribution in [0, 0.1) is 0 Å². The maximum atomic E-state index is 10.5. The number of carbonyl (C=O) groups excluding carboxylic acids is 1. The molecule has 0 atom stereocenters. The largest absolute Gasteiger partial charge is 0.466 e. The molecule has 0 saturated heterocycles. The number of rotatable bonds is 18. The highest BCUT2D eigenvalue weighted by Crippen LogP contribution is 2.03. The molecule has 0 aliphatic carbocycles. The van der Waals surface area contributed by atoms with E-state index in [9.17, 15) is 4.79 Å². The summed E-state index contributed by atoms with van der Waals surface area (Å²) in [6, 6.07) is 0. The monoisotopic (exact) mass is 420 g/mol. The van der Waals surface area contributed by atoms with Gasteiger partial charge in [0.1, 0.15) is 0 Å². The van der Waals surface area contributed by atoms with Crippen LogP contribution in [0.2, 0.25) is 0 Å². The quantitative estimate of drug-likeness (QED) is 0.106. The summed E-state index contributed by atoms with van der Waals surface area (Å²) in [4.78, 5) is 10.5. The Bertz CT molecular complexity index is 447. The Morgan fingerprint density at radius 2 is 1.27 bits per heavy atom. The SMILES string of the molecule is CC/C=C\C=C\CCCCCCO.CCC/C=C\CC/C=C\CCCCOC(C)=O. The first-order valence-electron chi connectivity index (χ1n) is 12.0. The summed E-state index contributed by atoms with van der Waals surface area (Å²) >= 11 is 0. The molecular formula is C27H48O3. The van der Waals surface area contributed by atoms with E-state index in [2.05, 4.69) is 62.5 Å². The van der Waals surface area contributed by atoms with Crippen molar-refractivity contribution in [3.63, 3.8) is 0 Å². The van der Waals surface area contributed by atoms with Crippen molar-refractivity contribution in [3.05, 3.63) is 48.6 Å². The van der Waals surface area contributed by atoms with Crippen LogP contribution in [0.1, 0.15) is 104 Å². The van der Waals surface area contributed by atoms with Gasteiger partial charge in [-0.15, -0.1) is 0 Å². The smallest absolute Gasteiger partial charge is 0.302 e. The minimum absolute atomic E-state index is 0.181. The second kappa shape index (κ2) is 29.6. The molecule has 0 heterocycles. The number of hydrogen-bond donors (Lipinski definition) is 1. The summed E-state index contributed by atoms with van der Waals surface area (Å²) < 4.78 is 4.85. The topological polar surface area (TPSA) is 46.5 Å². The van der Waals surface area contributed by atoms with Crippen LogP contribution >= 0.6 is 0 Å². The van der Waals surface area contributed by atoms with E-state index < -0.39 is 0 Å². The molecule has 0 fully saturated rings. The molecule has 3 heteroatoms. The first-order chi connectivity index (χ1) is 14.7. The Labute approximate surface area is 187 Å². The number of aliphatic hydroxyl groups excluding tert-OH is 1. The van der Waals surface area contributed by atoms with Crippen molar-refractivity contribution in [3.8, 4) is 0 Å². The van der Waals surface area contributed by atoms with E-state index in [1.807, 2.05) is 0 Å². The van der Waals surface area contributed by atoms with Crippen molar-refractivity contribution in [1.29, 1.82) is 0 Å². The normalized spacial score (nSPS) is 11.6. The van der Waals surface area contributed by atoms with E-state index in [1.165, 1.54) is 39.0 Å². The maximum Gasteiger partial charge on any atom is 0.302 e. The molecule has 174 valence electrons. The summed E-state index contributed by atoms with van der Waals surface area (Å²) in [7, 11) is 0. The summed E-state index contributed by atoms with van der Waals surface area (Å²) in [6.45, 7) is 6.68. The highest BCUT2D eigenvalue weighted by atomic mass is 16.5. The molecule has 0 unspecified atom stereocenters. The molecule has 0 aromatic carbocycles. The number of hydrogen-bond acceptors (Lipinski definition) is 3. The minimum Gasteiger partial charge on any atom is -0.466 e. The number of aliphatic hydroxyl groups is 1. The Morgan fingerprint density at radius 1 is 0.700 bits per heavy atom. The van der Waals surface area contributed by atoms with Crippen LogP contribution in [0.5, 0.6) is 0 Å². The van der Waals surface area contributed by atoms with Crippen LogP contribution in [0.25, 0.3) is 0 Å². The second-order valence-corrected chi connectivity index (χ2v) is 7.34. The second-order valence-electron chi connectivity index (χ2n) is 7.34. The number of carbonyl (C=O) groups is 1. The van der Waals surface area contributed by atoms with Gasteiger partial charge in [-0.2, -0.15) is 0 Å². The Morgan fingerprint density at radius 3 is 1.90 bits per heavy atom. The van der Waals surface area contributed by atoms with E-state index in [-0.39, 0.29) is 5.97 Å². The lowest BCUT2D eigenvalue weighted by molar-refractivity contribution is -0.141. The van der Waals surface area contributed by atoms with Gasteiger partial charge >= 0.3 is 5.97 Å². The van der Waals surface area contributed by atoms with Crippen LogP contribution in [-0.2, 0) is 9.53 Å². The predicted octanol–water partition coefficient (Wildman–Crippen LogP) is 7.86. The van der Waals surface area contributed by atoms with E-state index >= 15 is 0 Å². The van der Waals surface area contributed by atoms with Crippen molar-refractivity contribution >= 4 is 5.97 Å². The summed E-state index contributed by atoms with van der Waals surface area (Å²) in [5.74, 6) is -0.181. The Kier molecular flexibility index (Phi) is 30.2. The van der Waals surface area contributed by atoms with Crippen LogP contribution < -0.4 is 0 Å². The van der Waals surface area contributed by atoms with Crippen LogP contribution in [0.15, 0.2) is 48.6 Å². The molecule has 1 N–H and O–H groups in total. The molecule has 0 rings (SSSR count). The lowest BCUT2D eigenvalue weighted by atomic mass is 10.1. The van der Waals surface area contributed by atoms with Crippen LogP contribution in [0.3, 0.4) is 0 Å². The molecule has 0 aromatic rings. The van der Waals surface area contributed by atoms with Gasteiger partial charge in [-0.25, -0.2) is 0 Å². The van der Waals surface area contributed by atoms with Gasteiger partial charge in [0.25, 0.3) is 0 Å². The fraction of sp³-hybridized carbons (Fsp3) is 0.667. The lowest BCUT2D eigenvalue weighted by Crippen LogP contribution is -1.99. The van der Waals surface area contributed by atoms with Gasteiger partial charge in [-0.05, 0) is 64.2 Å². The maximum absolute atomic E-state index is 10.5. The highest BCUT2D eigenvalue weighted by molar-refractivity contribution is 5.65. The number of esters is 1.